The van der Waals surface area contributed by atoms with Crippen LogP contribution in [0, 0.1) is 5.82 Å². The van der Waals surface area contributed by atoms with Crippen LogP contribution in [0.2, 0.25) is 0 Å². The molecule has 0 saturated carbocycles. The van der Waals surface area contributed by atoms with Gasteiger partial charge in [0.1, 0.15) is 18.2 Å². The van der Waals surface area contributed by atoms with E-state index in [0.29, 0.717) is 29.1 Å². The van der Waals surface area contributed by atoms with Gasteiger partial charge >= 0.3 is 6.09 Å². The maximum absolute atomic E-state index is 14.9. The van der Waals surface area contributed by atoms with Crippen LogP contribution in [0.3, 0.4) is 0 Å². The molecule has 0 spiro atoms. The Morgan fingerprint density at radius 2 is 2.23 bits per heavy atom. The van der Waals surface area contributed by atoms with Crippen LogP contribution in [0.25, 0.3) is 16.9 Å². The standard InChI is InChI=1S/C19H16FN7O3/c1-10(28)21-8-17-16-5-12-4-13(14(20)6-15(12)27(16)19(29)30-17)11-2-3-18(22-7-11)26-9-23-24-25-26/h2-4,6-7,9,16-17H,5,8H2,1H3,(H,21,28)/t16?,17-/m0/s1. The number of fused-ring (bicyclic) bond motifs is 3. The van der Waals surface area contributed by atoms with Gasteiger partial charge in [-0.2, -0.15) is 4.68 Å². The van der Waals surface area contributed by atoms with Crippen molar-refractivity contribution in [2.24, 2.45) is 0 Å². The topological polar surface area (TPSA) is 115 Å². The quantitative estimate of drug-likeness (QED) is 0.690. The number of ether oxygens (including phenoxy) is 1. The number of carbonyl (C=O) groups is 2. The summed E-state index contributed by atoms with van der Waals surface area (Å²) in [5, 5.41) is 13.6. The van der Waals surface area contributed by atoms with Crippen molar-refractivity contribution in [3.8, 4) is 16.9 Å². The van der Waals surface area contributed by atoms with Gasteiger partial charge in [0.05, 0.1) is 18.3 Å². The number of pyridine rings is 1. The van der Waals surface area contributed by atoms with Gasteiger partial charge in [0.25, 0.3) is 0 Å². The van der Waals surface area contributed by atoms with Crippen LogP contribution < -0.4 is 10.2 Å². The summed E-state index contributed by atoms with van der Waals surface area (Å²) < 4.78 is 21.7. The van der Waals surface area contributed by atoms with Crippen LogP contribution in [0.15, 0.2) is 36.8 Å². The van der Waals surface area contributed by atoms with E-state index in [4.69, 9.17) is 4.74 Å². The Morgan fingerprint density at radius 3 is 2.93 bits per heavy atom. The number of nitrogens with one attached hydrogen (secondary N) is 1. The molecule has 1 fully saturated rings. The molecule has 0 aliphatic carbocycles. The number of anilines is 1. The van der Waals surface area contributed by atoms with Crippen LogP contribution in [0.1, 0.15) is 12.5 Å². The molecule has 1 unspecified atom stereocenters. The number of rotatable bonds is 4. The van der Waals surface area contributed by atoms with E-state index in [9.17, 15) is 14.0 Å². The van der Waals surface area contributed by atoms with Gasteiger partial charge in [-0.05, 0) is 46.7 Å². The monoisotopic (exact) mass is 409 g/mol. The number of tetrazole rings is 1. The van der Waals surface area contributed by atoms with E-state index >= 15 is 0 Å². The second-order valence-electron chi connectivity index (χ2n) is 7.12. The Morgan fingerprint density at radius 1 is 1.37 bits per heavy atom. The minimum atomic E-state index is -0.534. The Hall–Kier alpha value is -3.89. The third-order valence-electron chi connectivity index (χ3n) is 5.26. The van der Waals surface area contributed by atoms with Crippen molar-refractivity contribution < 1.29 is 18.7 Å². The van der Waals surface area contributed by atoms with Gasteiger partial charge in [-0.1, -0.05) is 0 Å². The number of benzene rings is 1. The summed E-state index contributed by atoms with van der Waals surface area (Å²) in [4.78, 5) is 29.3. The highest BCUT2D eigenvalue weighted by atomic mass is 19.1. The molecule has 11 heteroatoms. The second kappa shape index (κ2) is 6.87. The molecule has 3 aromatic rings. The average molecular weight is 409 g/mol. The molecule has 2 aromatic heterocycles. The maximum Gasteiger partial charge on any atom is 0.415 e. The molecule has 0 bridgehead atoms. The van der Waals surface area contributed by atoms with E-state index in [0.717, 1.165) is 5.56 Å². The first-order chi connectivity index (χ1) is 14.5. The fourth-order valence-corrected chi connectivity index (χ4v) is 3.88. The Balaban J connectivity index is 1.44. The number of cyclic esters (lactones) is 1. The zero-order chi connectivity index (χ0) is 20.8. The zero-order valence-electron chi connectivity index (χ0n) is 15.8. The van der Waals surface area contributed by atoms with Crippen molar-refractivity contribution in [1.82, 2.24) is 30.5 Å². The number of nitrogens with zero attached hydrogens (tertiary/aromatic N) is 6. The van der Waals surface area contributed by atoms with Crippen LogP contribution >= 0.6 is 0 Å². The summed E-state index contributed by atoms with van der Waals surface area (Å²) in [6, 6.07) is 6.23. The molecular weight excluding hydrogens is 393 g/mol. The van der Waals surface area contributed by atoms with E-state index in [1.807, 2.05) is 0 Å². The molecule has 1 aromatic carbocycles. The van der Waals surface area contributed by atoms with Crippen molar-refractivity contribution >= 4 is 17.7 Å². The number of carbonyl (C=O) groups excluding carboxylic acids is 2. The third-order valence-corrected chi connectivity index (χ3v) is 5.26. The molecular formula is C19H16FN7O3. The summed E-state index contributed by atoms with van der Waals surface area (Å²) in [7, 11) is 0. The molecule has 1 saturated heterocycles. The first-order valence-corrected chi connectivity index (χ1v) is 9.28. The summed E-state index contributed by atoms with van der Waals surface area (Å²) >= 11 is 0. The van der Waals surface area contributed by atoms with Crippen molar-refractivity contribution in [3.05, 3.63) is 48.2 Å². The second-order valence-corrected chi connectivity index (χ2v) is 7.12. The normalized spacial score (nSPS) is 19.4. The lowest BCUT2D eigenvalue weighted by Gasteiger charge is -2.16. The molecule has 2 aliphatic heterocycles. The van der Waals surface area contributed by atoms with Crippen molar-refractivity contribution in [1.29, 1.82) is 0 Å². The Labute approximate surface area is 169 Å². The van der Waals surface area contributed by atoms with Gasteiger partial charge in [0, 0.05) is 24.2 Å². The van der Waals surface area contributed by atoms with Gasteiger partial charge in [0.15, 0.2) is 5.82 Å². The van der Waals surface area contributed by atoms with Crippen LogP contribution in [-0.4, -0.2) is 55.9 Å². The molecule has 30 heavy (non-hydrogen) atoms. The first-order valence-electron chi connectivity index (χ1n) is 9.28. The van der Waals surface area contributed by atoms with Crippen molar-refractivity contribution in [2.75, 3.05) is 11.4 Å². The molecule has 1 N–H and O–H groups in total. The highest BCUT2D eigenvalue weighted by molar-refractivity contribution is 5.94. The predicted molar refractivity (Wildman–Crippen MR) is 101 cm³/mol. The SMILES string of the molecule is CC(=O)NC[C@@H]1OC(=O)N2c3cc(F)c(-c4ccc(-n5cnnn5)nc4)cc3CC12. The Bertz CT molecular complexity index is 1130. The van der Waals surface area contributed by atoms with E-state index in [1.165, 1.54) is 28.9 Å². The summed E-state index contributed by atoms with van der Waals surface area (Å²) in [6.45, 7) is 1.62. The smallest absolute Gasteiger partial charge is 0.415 e. The highest BCUT2D eigenvalue weighted by Gasteiger charge is 2.47. The number of aromatic nitrogens is 5. The van der Waals surface area contributed by atoms with Gasteiger partial charge in [-0.25, -0.2) is 14.2 Å². The minimum Gasteiger partial charge on any atom is -0.442 e. The lowest BCUT2D eigenvalue weighted by Crippen LogP contribution is -2.40. The number of hydrogen-bond donors (Lipinski definition) is 1. The van der Waals surface area contributed by atoms with Crippen molar-refractivity contribution in [3.63, 3.8) is 0 Å². The lowest BCUT2D eigenvalue weighted by atomic mass is 10.00. The summed E-state index contributed by atoms with van der Waals surface area (Å²) in [6.07, 6.45) is 2.45. The molecule has 2 amide bonds. The largest absolute Gasteiger partial charge is 0.442 e. The average Bonchev–Trinajstić information content (AvgIpc) is 3.44. The predicted octanol–water partition coefficient (Wildman–Crippen LogP) is 1.25. The Kier molecular flexibility index (Phi) is 4.16. The van der Waals surface area contributed by atoms with E-state index in [-0.39, 0.29) is 18.5 Å². The van der Waals surface area contributed by atoms with E-state index in [1.54, 1.807) is 24.4 Å². The molecule has 2 atom stereocenters. The van der Waals surface area contributed by atoms with E-state index < -0.39 is 18.0 Å². The summed E-state index contributed by atoms with van der Waals surface area (Å²) in [5.74, 6) is -0.162. The fraction of sp³-hybridized carbons (Fsp3) is 0.263. The minimum absolute atomic E-state index is 0.203. The molecule has 4 heterocycles. The highest BCUT2D eigenvalue weighted by Crippen LogP contribution is 2.41. The fourth-order valence-electron chi connectivity index (χ4n) is 3.88. The van der Waals surface area contributed by atoms with Gasteiger partial charge < -0.3 is 10.1 Å². The number of amides is 2. The molecule has 152 valence electrons. The third kappa shape index (κ3) is 2.95. The van der Waals surface area contributed by atoms with Crippen molar-refractivity contribution in [2.45, 2.75) is 25.5 Å². The molecule has 10 nitrogen and oxygen atoms in total. The zero-order valence-corrected chi connectivity index (χ0v) is 15.8. The summed E-state index contributed by atoms with van der Waals surface area (Å²) in [5.41, 5.74) is 2.31. The van der Waals surface area contributed by atoms with Gasteiger partial charge in [0.2, 0.25) is 5.91 Å². The molecule has 0 radical (unpaired) electrons. The van der Waals surface area contributed by atoms with Gasteiger partial charge in [-0.15, -0.1) is 5.10 Å². The molecule has 2 aliphatic rings. The molecule has 5 rings (SSSR count). The van der Waals surface area contributed by atoms with Gasteiger partial charge in [-0.3, -0.25) is 9.69 Å². The first kappa shape index (κ1) is 18.2. The van der Waals surface area contributed by atoms with Crippen LogP contribution in [-0.2, 0) is 16.0 Å². The maximum atomic E-state index is 14.9. The number of hydrogen-bond acceptors (Lipinski definition) is 7. The van der Waals surface area contributed by atoms with E-state index in [2.05, 4.69) is 25.8 Å². The number of halogens is 1. The lowest BCUT2D eigenvalue weighted by molar-refractivity contribution is -0.119. The van der Waals surface area contributed by atoms with Crippen LogP contribution in [0.4, 0.5) is 14.9 Å². The van der Waals surface area contributed by atoms with Crippen LogP contribution in [0.5, 0.6) is 0 Å².